The summed E-state index contributed by atoms with van der Waals surface area (Å²) in [5.41, 5.74) is 0. The van der Waals surface area contributed by atoms with E-state index in [-0.39, 0.29) is 11.7 Å². The zero-order chi connectivity index (χ0) is 9.02. The van der Waals surface area contributed by atoms with Crippen LogP contribution >= 0.6 is 0 Å². The molecule has 64 valence electrons. The molecule has 0 aromatic carbocycles. The number of carbonyl (C=O) groups excluding carboxylic acids is 1. The minimum atomic E-state index is -1.01. The SMILES string of the molecule is CC(=O)C(CC(C)C)C(=O)O. The summed E-state index contributed by atoms with van der Waals surface area (Å²) in [6.45, 7) is 5.12. The first-order valence-corrected chi connectivity index (χ1v) is 3.68. The van der Waals surface area contributed by atoms with Crippen LogP contribution < -0.4 is 0 Å². The van der Waals surface area contributed by atoms with Gasteiger partial charge in [0.1, 0.15) is 11.7 Å². The van der Waals surface area contributed by atoms with Gasteiger partial charge in [0, 0.05) is 0 Å². The summed E-state index contributed by atoms with van der Waals surface area (Å²) in [6, 6.07) is 0. The zero-order valence-electron chi connectivity index (χ0n) is 7.13. The molecule has 0 bridgehead atoms. The van der Waals surface area contributed by atoms with E-state index in [1.807, 2.05) is 13.8 Å². The molecule has 0 rings (SSSR count). The molecule has 0 radical (unpaired) electrons. The van der Waals surface area contributed by atoms with Crippen molar-refractivity contribution in [2.24, 2.45) is 11.8 Å². The number of carbonyl (C=O) groups is 2. The van der Waals surface area contributed by atoms with Gasteiger partial charge in [0.05, 0.1) is 0 Å². The van der Waals surface area contributed by atoms with Crippen LogP contribution in [0.25, 0.3) is 0 Å². The summed E-state index contributed by atoms with van der Waals surface area (Å²) in [4.78, 5) is 21.2. The fourth-order valence-electron chi connectivity index (χ4n) is 0.912. The Hall–Kier alpha value is -0.860. The van der Waals surface area contributed by atoms with E-state index in [1.165, 1.54) is 6.92 Å². The van der Waals surface area contributed by atoms with Crippen LogP contribution in [0.1, 0.15) is 27.2 Å². The van der Waals surface area contributed by atoms with E-state index in [1.54, 1.807) is 0 Å². The maximum atomic E-state index is 10.7. The topological polar surface area (TPSA) is 54.4 Å². The van der Waals surface area contributed by atoms with Crippen molar-refractivity contribution in [3.8, 4) is 0 Å². The number of aliphatic carboxylic acids is 1. The van der Waals surface area contributed by atoms with Crippen molar-refractivity contribution in [2.75, 3.05) is 0 Å². The van der Waals surface area contributed by atoms with E-state index in [0.29, 0.717) is 6.42 Å². The van der Waals surface area contributed by atoms with Crippen molar-refractivity contribution in [1.82, 2.24) is 0 Å². The van der Waals surface area contributed by atoms with Crippen LogP contribution in [0.2, 0.25) is 0 Å². The van der Waals surface area contributed by atoms with Gasteiger partial charge in [-0.05, 0) is 19.3 Å². The lowest BCUT2D eigenvalue weighted by Crippen LogP contribution is -2.22. The van der Waals surface area contributed by atoms with Crippen molar-refractivity contribution in [3.63, 3.8) is 0 Å². The van der Waals surface area contributed by atoms with Gasteiger partial charge in [-0.1, -0.05) is 13.8 Å². The molecule has 0 heterocycles. The molecule has 0 aliphatic carbocycles. The normalized spacial score (nSPS) is 13.1. The number of rotatable bonds is 4. The molecule has 0 amide bonds. The van der Waals surface area contributed by atoms with Crippen molar-refractivity contribution in [2.45, 2.75) is 27.2 Å². The van der Waals surface area contributed by atoms with Crippen LogP contribution in [0.5, 0.6) is 0 Å². The Morgan fingerprint density at radius 2 is 1.82 bits per heavy atom. The molecule has 0 aromatic rings. The molecule has 0 saturated heterocycles. The highest BCUT2D eigenvalue weighted by molar-refractivity contribution is 5.96. The number of hydrogen-bond donors (Lipinski definition) is 1. The van der Waals surface area contributed by atoms with Crippen molar-refractivity contribution < 1.29 is 14.7 Å². The Morgan fingerprint density at radius 1 is 1.36 bits per heavy atom. The average molecular weight is 158 g/mol. The molecule has 0 aromatic heterocycles. The molecule has 1 N–H and O–H groups in total. The smallest absolute Gasteiger partial charge is 0.314 e. The molecule has 11 heavy (non-hydrogen) atoms. The van der Waals surface area contributed by atoms with Crippen LogP contribution in [0, 0.1) is 11.8 Å². The largest absolute Gasteiger partial charge is 0.481 e. The molecular weight excluding hydrogens is 144 g/mol. The Morgan fingerprint density at radius 3 is 1.91 bits per heavy atom. The van der Waals surface area contributed by atoms with Gasteiger partial charge in [0.25, 0.3) is 0 Å². The van der Waals surface area contributed by atoms with Crippen LogP contribution in [-0.4, -0.2) is 16.9 Å². The van der Waals surface area contributed by atoms with Crippen molar-refractivity contribution >= 4 is 11.8 Å². The Bertz CT molecular complexity index is 147. The molecule has 3 heteroatoms. The summed E-state index contributed by atoms with van der Waals surface area (Å²) < 4.78 is 0. The van der Waals surface area contributed by atoms with E-state index in [0.717, 1.165) is 0 Å². The number of carboxylic acid groups (broad SMARTS) is 1. The summed E-state index contributed by atoms with van der Waals surface area (Å²) in [6.07, 6.45) is 0.435. The monoisotopic (exact) mass is 158 g/mol. The molecular formula is C8H14O3. The highest BCUT2D eigenvalue weighted by atomic mass is 16.4. The van der Waals surface area contributed by atoms with Crippen molar-refractivity contribution in [3.05, 3.63) is 0 Å². The van der Waals surface area contributed by atoms with Gasteiger partial charge in [-0.15, -0.1) is 0 Å². The van der Waals surface area contributed by atoms with Gasteiger partial charge in [0.15, 0.2) is 0 Å². The number of Topliss-reactive ketones (excluding diaryl/α,β-unsaturated/α-hetero) is 1. The van der Waals surface area contributed by atoms with Gasteiger partial charge in [-0.2, -0.15) is 0 Å². The Labute approximate surface area is 66.4 Å². The quantitative estimate of drug-likeness (QED) is 0.628. The molecule has 0 spiro atoms. The number of ketones is 1. The van der Waals surface area contributed by atoms with E-state index in [4.69, 9.17) is 5.11 Å². The fourth-order valence-corrected chi connectivity index (χ4v) is 0.912. The predicted octanol–water partition coefficient (Wildman–Crippen LogP) is 1.32. The summed E-state index contributed by atoms with van der Waals surface area (Å²) >= 11 is 0. The summed E-state index contributed by atoms with van der Waals surface area (Å²) in [7, 11) is 0. The van der Waals surface area contributed by atoms with Crippen LogP contribution in [0.3, 0.4) is 0 Å². The van der Waals surface area contributed by atoms with Gasteiger partial charge in [-0.25, -0.2) is 0 Å². The molecule has 0 saturated carbocycles. The van der Waals surface area contributed by atoms with Gasteiger partial charge < -0.3 is 5.11 Å². The molecule has 1 atom stereocenters. The van der Waals surface area contributed by atoms with Crippen LogP contribution in [-0.2, 0) is 9.59 Å². The van der Waals surface area contributed by atoms with E-state index >= 15 is 0 Å². The minimum Gasteiger partial charge on any atom is -0.481 e. The second-order valence-corrected chi connectivity index (χ2v) is 3.13. The Balaban J connectivity index is 4.12. The maximum Gasteiger partial charge on any atom is 0.314 e. The second kappa shape index (κ2) is 4.11. The standard InChI is InChI=1S/C8H14O3/c1-5(2)4-7(6(3)9)8(10)11/h5,7H,4H2,1-3H3,(H,10,11). The first-order chi connectivity index (χ1) is 4.95. The van der Waals surface area contributed by atoms with Crippen molar-refractivity contribution in [1.29, 1.82) is 0 Å². The molecule has 0 fully saturated rings. The minimum absolute atomic E-state index is 0.250. The lowest BCUT2D eigenvalue weighted by atomic mass is 9.94. The average Bonchev–Trinajstić information content (AvgIpc) is 1.81. The Kier molecular flexibility index (Phi) is 3.79. The molecule has 0 aliphatic rings. The van der Waals surface area contributed by atoms with E-state index in [2.05, 4.69) is 0 Å². The van der Waals surface area contributed by atoms with Gasteiger partial charge >= 0.3 is 5.97 Å². The molecule has 0 aliphatic heterocycles. The lowest BCUT2D eigenvalue weighted by molar-refractivity contribution is -0.146. The van der Waals surface area contributed by atoms with Gasteiger partial charge in [-0.3, -0.25) is 9.59 Å². The lowest BCUT2D eigenvalue weighted by Gasteiger charge is -2.10. The highest BCUT2D eigenvalue weighted by Crippen LogP contribution is 2.12. The third kappa shape index (κ3) is 3.75. The second-order valence-electron chi connectivity index (χ2n) is 3.13. The first-order valence-electron chi connectivity index (χ1n) is 3.68. The van der Waals surface area contributed by atoms with E-state index in [9.17, 15) is 9.59 Å². The summed E-state index contributed by atoms with van der Waals surface area (Å²) in [5, 5.41) is 8.57. The third-order valence-corrected chi connectivity index (χ3v) is 1.50. The zero-order valence-corrected chi connectivity index (χ0v) is 7.13. The fraction of sp³-hybridized carbons (Fsp3) is 0.750. The highest BCUT2D eigenvalue weighted by Gasteiger charge is 2.22. The van der Waals surface area contributed by atoms with Crippen LogP contribution in [0.15, 0.2) is 0 Å². The number of carboxylic acids is 1. The maximum absolute atomic E-state index is 10.7. The van der Waals surface area contributed by atoms with Crippen LogP contribution in [0.4, 0.5) is 0 Å². The molecule has 1 unspecified atom stereocenters. The van der Waals surface area contributed by atoms with Gasteiger partial charge in [0.2, 0.25) is 0 Å². The summed E-state index contributed by atoms with van der Waals surface area (Å²) in [5.74, 6) is -1.83. The first kappa shape index (κ1) is 10.1. The molecule has 3 nitrogen and oxygen atoms in total. The number of hydrogen-bond acceptors (Lipinski definition) is 2. The van der Waals surface area contributed by atoms with E-state index < -0.39 is 11.9 Å². The predicted molar refractivity (Wildman–Crippen MR) is 41.3 cm³/mol. The third-order valence-electron chi connectivity index (χ3n) is 1.50.